The smallest absolute Gasteiger partial charge is 0.173 e. The lowest BCUT2D eigenvalue weighted by Crippen LogP contribution is -1.73. The molecule has 0 radical (unpaired) electrons. The Hall–Kier alpha value is -0.820. The normalized spacial score (nSPS) is 10.8. The van der Waals surface area contributed by atoms with Crippen molar-refractivity contribution in [2.45, 2.75) is 0 Å². The van der Waals surface area contributed by atoms with Crippen LogP contribution in [0.25, 0.3) is 19.5 Å². The van der Waals surface area contributed by atoms with Crippen LogP contribution in [-0.2, 0) is 0 Å². The van der Waals surface area contributed by atoms with E-state index in [-0.39, 0.29) is 0 Å². The molecule has 0 fully saturated rings. The lowest BCUT2D eigenvalue weighted by molar-refractivity contribution is 0.427. The number of hydrogen-bond acceptors (Lipinski definition) is 5. The Morgan fingerprint density at radius 3 is 2.00 bits per heavy atom. The summed E-state index contributed by atoms with van der Waals surface area (Å²) in [4.78, 5) is 4.92. The number of halogens is 1. The van der Waals surface area contributed by atoms with E-state index in [1.54, 1.807) is 48.2 Å². The number of ether oxygens (including phenoxy) is 2. The molecule has 0 unspecified atom stereocenters. The van der Waals surface area contributed by atoms with Gasteiger partial charge in [-0.3, -0.25) is 0 Å². The molecule has 0 bridgehead atoms. The fourth-order valence-electron chi connectivity index (χ4n) is 1.77. The summed E-state index contributed by atoms with van der Waals surface area (Å²) >= 11 is 8.75. The Morgan fingerprint density at radius 2 is 1.40 bits per heavy atom. The molecule has 0 N–H and O–H groups in total. The number of thiophene rings is 3. The zero-order valence-corrected chi connectivity index (χ0v) is 14.8. The maximum absolute atomic E-state index is 5.26. The first-order valence-electron chi connectivity index (χ1n) is 5.79. The fraction of sp³-hybridized carbons (Fsp3) is 0.143. The van der Waals surface area contributed by atoms with Gasteiger partial charge in [0.1, 0.15) is 0 Å². The van der Waals surface area contributed by atoms with Crippen molar-refractivity contribution in [2.24, 2.45) is 0 Å². The minimum Gasteiger partial charge on any atom is -0.487 e. The molecule has 0 amide bonds. The van der Waals surface area contributed by atoms with Crippen LogP contribution in [-0.4, -0.2) is 14.2 Å². The van der Waals surface area contributed by atoms with Gasteiger partial charge in [0, 0.05) is 19.1 Å². The molecule has 2 nitrogen and oxygen atoms in total. The quantitative estimate of drug-likeness (QED) is 0.548. The van der Waals surface area contributed by atoms with Crippen molar-refractivity contribution >= 4 is 49.9 Å². The van der Waals surface area contributed by atoms with E-state index in [9.17, 15) is 0 Å². The molecule has 0 aromatic carbocycles. The van der Waals surface area contributed by atoms with Crippen molar-refractivity contribution in [3.63, 3.8) is 0 Å². The molecule has 20 heavy (non-hydrogen) atoms. The van der Waals surface area contributed by atoms with E-state index in [4.69, 9.17) is 9.47 Å². The van der Waals surface area contributed by atoms with Crippen molar-refractivity contribution in [3.8, 4) is 29.6 Å². The number of rotatable bonds is 4. The van der Waals surface area contributed by atoms with Gasteiger partial charge in [0.25, 0.3) is 0 Å². The summed E-state index contributed by atoms with van der Waals surface area (Å²) in [5, 5.41) is 1.86. The Bertz CT molecular complexity index is 726. The Labute approximate surface area is 137 Å². The zero-order valence-electron chi connectivity index (χ0n) is 10.8. The minimum atomic E-state index is 0.930. The molecule has 0 atom stereocenters. The van der Waals surface area contributed by atoms with Crippen LogP contribution in [0.4, 0.5) is 0 Å². The van der Waals surface area contributed by atoms with Gasteiger partial charge in [0.2, 0.25) is 0 Å². The third-order valence-electron chi connectivity index (χ3n) is 2.72. The van der Waals surface area contributed by atoms with E-state index >= 15 is 0 Å². The summed E-state index contributed by atoms with van der Waals surface area (Å²) in [6, 6.07) is 10.4. The predicted octanol–water partition coefficient (Wildman–Crippen LogP) is 5.98. The molecular formula is C14H11BrO2S3. The molecule has 3 aromatic rings. The van der Waals surface area contributed by atoms with E-state index in [1.165, 1.54) is 19.5 Å². The molecular weight excluding hydrogens is 376 g/mol. The molecule has 0 aliphatic carbocycles. The van der Waals surface area contributed by atoms with Gasteiger partial charge in [-0.15, -0.1) is 11.3 Å². The summed E-state index contributed by atoms with van der Waals surface area (Å²) < 4.78 is 11.6. The van der Waals surface area contributed by atoms with Crippen molar-refractivity contribution in [2.75, 3.05) is 14.2 Å². The first-order valence-corrected chi connectivity index (χ1v) is 9.03. The largest absolute Gasteiger partial charge is 0.487 e. The first-order chi connectivity index (χ1) is 9.71. The second-order valence-electron chi connectivity index (χ2n) is 3.93. The van der Waals surface area contributed by atoms with Crippen LogP contribution in [0.3, 0.4) is 0 Å². The third kappa shape index (κ3) is 2.65. The zero-order chi connectivity index (χ0) is 14.1. The Kier molecular flexibility index (Phi) is 4.16. The second kappa shape index (κ2) is 5.89. The molecule has 3 aromatic heterocycles. The van der Waals surface area contributed by atoms with E-state index in [0.717, 1.165) is 14.6 Å². The lowest BCUT2D eigenvalue weighted by Gasteiger charge is -1.93. The molecule has 0 aliphatic heterocycles. The van der Waals surface area contributed by atoms with E-state index < -0.39 is 0 Å². The first kappa shape index (κ1) is 14.1. The molecule has 0 saturated carbocycles. The highest BCUT2D eigenvalue weighted by Crippen LogP contribution is 2.46. The van der Waals surface area contributed by atoms with Gasteiger partial charge in [-0.1, -0.05) is 22.7 Å². The molecule has 0 aliphatic rings. The summed E-state index contributed by atoms with van der Waals surface area (Å²) in [7, 11) is 3.39. The van der Waals surface area contributed by atoms with Crippen LogP contribution >= 0.6 is 49.9 Å². The van der Waals surface area contributed by atoms with Crippen molar-refractivity contribution < 1.29 is 9.47 Å². The van der Waals surface area contributed by atoms with Crippen molar-refractivity contribution in [1.82, 2.24) is 0 Å². The van der Waals surface area contributed by atoms with Gasteiger partial charge < -0.3 is 9.47 Å². The summed E-state index contributed by atoms with van der Waals surface area (Å²) in [5.41, 5.74) is 0. The highest BCUT2D eigenvalue weighted by Gasteiger charge is 2.14. The molecule has 3 heterocycles. The molecule has 0 saturated heterocycles. The van der Waals surface area contributed by atoms with Gasteiger partial charge in [-0.05, 0) is 46.3 Å². The summed E-state index contributed by atoms with van der Waals surface area (Å²) in [6.07, 6.45) is 0. The van der Waals surface area contributed by atoms with Crippen LogP contribution in [0.1, 0.15) is 0 Å². The summed E-state index contributed by atoms with van der Waals surface area (Å²) in [5.74, 6) is 0. The summed E-state index contributed by atoms with van der Waals surface area (Å²) in [6.45, 7) is 0. The Balaban J connectivity index is 1.98. The molecule has 3 rings (SSSR count). The van der Waals surface area contributed by atoms with Crippen LogP contribution in [0.5, 0.6) is 10.1 Å². The SMILES string of the molecule is COc1ccc(-c2cc(Br)c(-c3ccc(OC)s3)s2)s1. The lowest BCUT2D eigenvalue weighted by atomic mass is 10.3. The van der Waals surface area contributed by atoms with Crippen LogP contribution in [0, 0.1) is 0 Å². The fourth-order valence-corrected chi connectivity index (χ4v) is 5.64. The number of hydrogen-bond donors (Lipinski definition) is 0. The van der Waals surface area contributed by atoms with Gasteiger partial charge in [0.05, 0.1) is 19.1 Å². The van der Waals surface area contributed by atoms with Crippen molar-refractivity contribution in [1.29, 1.82) is 0 Å². The van der Waals surface area contributed by atoms with E-state index in [1.807, 2.05) is 12.1 Å². The van der Waals surface area contributed by atoms with E-state index in [0.29, 0.717) is 0 Å². The maximum atomic E-state index is 5.26. The second-order valence-corrected chi connectivity index (χ2v) is 7.93. The number of methoxy groups -OCH3 is 2. The monoisotopic (exact) mass is 386 g/mol. The standard InChI is InChI=1S/C14H11BrO2S3/c1-16-12-5-3-9(18-12)11-7-8(15)14(20-11)10-4-6-13(17-2)19-10/h3-7H,1-2H3. The van der Waals surface area contributed by atoms with Gasteiger partial charge in [-0.2, -0.15) is 0 Å². The molecule has 6 heteroatoms. The van der Waals surface area contributed by atoms with Gasteiger partial charge in [-0.25, -0.2) is 0 Å². The molecule has 104 valence electrons. The van der Waals surface area contributed by atoms with Crippen LogP contribution in [0.2, 0.25) is 0 Å². The average Bonchev–Trinajstić information content (AvgIpc) is 3.16. The topological polar surface area (TPSA) is 18.5 Å². The predicted molar refractivity (Wildman–Crippen MR) is 91.7 cm³/mol. The Morgan fingerprint density at radius 1 is 0.800 bits per heavy atom. The van der Waals surface area contributed by atoms with Gasteiger partial charge in [0.15, 0.2) is 10.1 Å². The van der Waals surface area contributed by atoms with E-state index in [2.05, 4.69) is 34.1 Å². The minimum absolute atomic E-state index is 0.930. The third-order valence-corrected chi connectivity index (χ3v) is 7.21. The van der Waals surface area contributed by atoms with Gasteiger partial charge >= 0.3 is 0 Å². The maximum Gasteiger partial charge on any atom is 0.173 e. The van der Waals surface area contributed by atoms with Crippen LogP contribution in [0.15, 0.2) is 34.8 Å². The van der Waals surface area contributed by atoms with Crippen LogP contribution < -0.4 is 9.47 Å². The highest BCUT2D eigenvalue weighted by molar-refractivity contribution is 9.10. The molecule has 0 spiro atoms. The average molecular weight is 387 g/mol. The van der Waals surface area contributed by atoms with Crippen molar-refractivity contribution in [3.05, 3.63) is 34.8 Å². The highest BCUT2D eigenvalue weighted by atomic mass is 79.9.